The van der Waals surface area contributed by atoms with Crippen molar-refractivity contribution in [2.24, 2.45) is 0 Å². The van der Waals surface area contributed by atoms with Gasteiger partial charge in [0.2, 0.25) is 5.91 Å². The third kappa shape index (κ3) is 3.91. The highest BCUT2D eigenvalue weighted by Gasteiger charge is 2.14. The predicted octanol–water partition coefficient (Wildman–Crippen LogP) is 4.69. The van der Waals surface area contributed by atoms with E-state index in [0.717, 1.165) is 15.6 Å². The van der Waals surface area contributed by atoms with Crippen molar-refractivity contribution in [3.8, 4) is 9.88 Å². The zero-order valence-corrected chi connectivity index (χ0v) is 15.7. The average Bonchev–Trinajstić information content (AvgIpc) is 3.20. The Kier molecular flexibility index (Phi) is 5.11. The maximum absolute atomic E-state index is 12.5. The van der Waals surface area contributed by atoms with E-state index in [1.165, 1.54) is 16.7 Å². The maximum Gasteiger partial charge on any atom is 0.228 e. The molecule has 1 aromatic carbocycles. The molecule has 2 heterocycles. The van der Waals surface area contributed by atoms with E-state index in [1.54, 1.807) is 27.6 Å². The van der Waals surface area contributed by atoms with Gasteiger partial charge in [-0.25, -0.2) is 4.98 Å². The Hall–Kier alpha value is -1.98. The summed E-state index contributed by atoms with van der Waals surface area (Å²) in [7, 11) is 1.86. The SMILES string of the molecule is Cc1ccc(CN(C)C(=O)Cc2csc(-c3cccs3)n2)c(C)c1. The molecule has 3 nitrogen and oxygen atoms in total. The highest BCUT2D eigenvalue weighted by Crippen LogP contribution is 2.28. The second-order valence-corrected chi connectivity index (χ2v) is 7.78. The molecule has 0 unspecified atom stereocenters. The summed E-state index contributed by atoms with van der Waals surface area (Å²) in [6.45, 7) is 4.81. The van der Waals surface area contributed by atoms with Crippen molar-refractivity contribution in [3.63, 3.8) is 0 Å². The van der Waals surface area contributed by atoms with Gasteiger partial charge in [0.05, 0.1) is 17.0 Å². The Morgan fingerprint density at radius 3 is 2.75 bits per heavy atom. The zero-order chi connectivity index (χ0) is 17.1. The van der Waals surface area contributed by atoms with Gasteiger partial charge in [-0.2, -0.15) is 0 Å². The maximum atomic E-state index is 12.5. The molecule has 24 heavy (non-hydrogen) atoms. The van der Waals surface area contributed by atoms with E-state index >= 15 is 0 Å². The third-order valence-electron chi connectivity index (χ3n) is 3.95. The molecule has 0 saturated heterocycles. The minimum atomic E-state index is 0.0954. The molecule has 124 valence electrons. The van der Waals surface area contributed by atoms with Crippen LogP contribution < -0.4 is 0 Å². The van der Waals surface area contributed by atoms with Crippen molar-refractivity contribution in [3.05, 3.63) is 63.5 Å². The number of carbonyl (C=O) groups is 1. The molecule has 0 atom stereocenters. The van der Waals surface area contributed by atoms with Gasteiger partial charge < -0.3 is 4.90 Å². The number of thiophene rings is 1. The quantitative estimate of drug-likeness (QED) is 0.664. The van der Waals surface area contributed by atoms with Crippen LogP contribution in [-0.2, 0) is 17.8 Å². The first-order valence-electron chi connectivity index (χ1n) is 7.81. The van der Waals surface area contributed by atoms with Crippen LogP contribution >= 0.6 is 22.7 Å². The number of likely N-dealkylation sites (N-methyl/N-ethyl adjacent to an activating group) is 1. The molecule has 0 bridgehead atoms. The van der Waals surface area contributed by atoms with Crippen LogP contribution in [0.2, 0.25) is 0 Å². The number of aryl methyl sites for hydroxylation is 2. The van der Waals surface area contributed by atoms with Crippen molar-refractivity contribution < 1.29 is 4.79 Å². The Bertz CT molecular complexity index is 837. The number of hydrogen-bond donors (Lipinski definition) is 0. The normalized spacial score (nSPS) is 10.8. The van der Waals surface area contributed by atoms with E-state index < -0.39 is 0 Å². The number of aromatic nitrogens is 1. The van der Waals surface area contributed by atoms with Crippen LogP contribution in [0.4, 0.5) is 0 Å². The minimum absolute atomic E-state index is 0.0954. The van der Waals surface area contributed by atoms with Gasteiger partial charge in [0, 0.05) is 19.0 Å². The second-order valence-electron chi connectivity index (χ2n) is 5.98. The summed E-state index contributed by atoms with van der Waals surface area (Å²) in [5, 5.41) is 5.02. The smallest absolute Gasteiger partial charge is 0.228 e. The fraction of sp³-hybridized carbons (Fsp3) is 0.263. The molecule has 3 aromatic rings. The Labute approximate surface area is 150 Å². The van der Waals surface area contributed by atoms with E-state index in [1.807, 2.05) is 23.9 Å². The number of carbonyl (C=O) groups excluding carboxylic acids is 1. The molecule has 1 amide bonds. The van der Waals surface area contributed by atoms with Crippen LogP contribution in [0.1, 0.15) is 22.4 Å². The van der Waals surface area contributed by atoms with Crippen LogP contribution in [0.15, 0.2) is 41.1 Å². The molecule has 0 saturated carbocycles. The van der Waals surface area contributed by atoms with Crippen molar-refractivity contribution >= 4 is 28.6 Å². The van der Waals surface area contributed by atoms with Gasteiger partial charge >= 0.3 is 0 Å². The van der Waals surface area contributed by atoms with E-state index in [0.29, 0.717) is 13.0 Å². The van der Waals surface area contributed by atoms with E-state index in [4.69, 9.17) is 0 Å². The largest absolute Gasteiger partial charge is 0.341 e. The minimum Gasteiger partial charge on any atom is -0.341 e. The monoisotopic (exact) mass is 356 g/mol. The molecule has 3 rings (SSSR count). The summed E-state index contributed by atoms with van der Waals surface area (Å²) in [6, 6.07) is 10.4. The van der Waals surface area contributed by atoms with Crippen LogP contribution in [0.5, 0.6) is 0 Å². The fourth-order valence-corrected chi connectivity index (χ4v) is 4.19. The van der Waals surface area contributed by atoms with Gasteiger partial charge in [0.1, 0.15) is 5.01 Å². The molecular weight excluding hydrogens is 336 g/mol. The summed E-state index contributed by atoms with van der Waals surface area (Å²) in [5.41, 5.74) is 4.51. The Morgan fingerprint density at radius 1 is 1.21 bits per heavy atom. The van der Waals surface area contributed by atoms with Gasteiger partial charge in [-0.1, -0.05) is 29.8 Å². The topological polar surface area (TPSA) is 33.2 Å². The summed E-state index contributed by atoms with van der Waals surface area (Å²) in [5.74, 6) is 0.0954. The van der Waals surface area contributed by atoms with Crippen molar-refractivity contribution in [2.45, 2.75) is 26.8 Å². The first-order valence-corrected chi connectivity index (χ1v) is 9.57. The van der Waals surface area contributed by atoms with E-state index in [-0.39, 0.29) is 5.91 Å². The standard InChI is InChI=1S/C19H20N2OS2/c1-13-6-7-15(14(2)9-13)11-21(3)18(22)10-16-12-24-19(20-16)17-5-4-8-23-17/h4-9,12H,10-11H2,1-3H3. The van der Waals surface area contributed by atoms with E-state index in [2.05, 4.69) is 43.1 Å². The molecule has 0 fully saturated rings. The van der Waals surface area contributed by atoms with Gasteiger partial charge in [-0.05, 0) is 36.4 Å². The van der Waals surface area contributed by atoms with Gasteiger partial charge in [0.15, 0.2) is 0 Å². The molecule has 0 aliphatic heterocycles. The third-order valence-corrected chi connectivity index (χ3v) is 5.88. The predicted molar refractivity (Wildman–Crippen MR) is 102 cm³/mol. The Balaban J connectivity index is 1.64. The zero-order valence-electron chi connectivity index (χ0n) is 14.1. The summed E-state index contributed by atoms with van der Waals surface area (Å²) >= 11 is 3.27. The lowest BCUT2D eigenvalue weighted by atomic mass is 10.1. The average molecular weight is 357 g/mol. The number of nitrogens with zero attached hydrogens (tertiary/aromatic N) is 2. The lowest BCUT2D eigenvalue weighted by molar-refractivity contribution is -0.129. The highest BCUT2D eigenvalue weighted by atomic mass is 32.1. The second kappa shape index (κ2) is 7.28. The fourth-order valence-electron chi connectivity index (χ4n) is 2.56. The summed E-state index contributed by atoms with van der Waals surface area (Å²) in [6.07, 6.45) is 0.350. The number of hydrogen-bond acceptors (Lipinski definition) is 4. The molecule has 0 aliphatic rings. The molecule has 2 aromatic heterocycles. The number of thiazole rings is 1. The molecule has 0 N–H and O–H groups in total. The van der Waals surface area contributed by atoms with Gasteiger partial charge in [-0.15, -0.1) is 22.7 Å². The van der Waals surface area contributed by atoms with Gasteiger partial charge in [-0.3, -0.25) is 4.79 Å². The van der Waals surface area contributed by atoms with Crippen LogP contribution in [-0.4, -0.2) is 22.8 Å². The van der Waals surface area contributed by atoms with Crippen molar-refractivity contribution in [1.29, 1.82) is 0 Å². The number of rotatable bonds is 5. The number of amides is 1. The van der Waals surface area contributed by atoms with Crippen LogP contribution in [0.3, 0.4) is 0 Å². The van der Waals surface area contributed by atoms with Gasteiger partial charge in [0.25, 0.3) is 0 Å². The molecule has 0 spiro atoms. The number of benzene rings is 1. The van der Waals surface area contributed by atoms with Crippen LogP contribution in [0.25, 0.3) is 9.88 Å². The summed E-state index contributed by atoms with van der Waals surface area (Å²) in [4.78, 5) is 20.0. The lowest BCUT2D eigenvalue weighted by Gasteiger charge is -2.18. The highest BCUT2D eigenvalue weighted by molar-refractivity contribution is 7.20. The molecule has 0 aliphatic carbocycles. The van der Waals surface area contributed by atoms with Crippen molar-refractivity contribution in [1.82, 2.24) is 9.88 Å². The molecule has 5 heteroatoms. The first-order chi connectivity index (χ1) is 11.5. The van der Waals surface area contributed by atoms with E-state index in [9.17, 15) is 4.79 Å². The molecule has 0 radical (unpaired) electrons. The molecular formula is C19H20N2OS2. The Morgan fingerprint density at radius 2 is 2.04 bits per heavy atom. The summed E-state index contributed by atoms with van der Waals surface area (Å²) < 4.78 is 0. The van der Waals surface area contributed by atoms with Crippen LogP contribution in [0, 0.1) is 13.8 Å². The first kappa shape index (κ1) is 16.9. The lowest BCUT2D eigenvalue weighted by Crippen LogP contribution is -2.28. The van der Waals surface area contributed by atoms with Crippen molar-refractivity contribution in [2.75, 3.05) is 7.05 Å².